The van der Waals surface area contributed by atoms with Crippen molar-refractivity contribution < 1.29 is 17.9 Å². The molecule has 29 heavy (non-hydrogen) atoms. The molecule has 0 aliphatic rings. The molecule has 152 valence electrons. The average Bonchev–Trinajstić information content (AvgIpc) is 3.22. The first kappa shape index (κ1) is 21.2. The van der Waals surface area contributed by atoms with Crippen LogP contribution < -0.4 is 0 Å². The second kappa shape index (κ2) is 9.30. The highest BCUT2D eigenvalue weighted by molar-refractivity contribution is 7.89. The molecule has 0 fully saturated rings. The molecule has 1 heterocycles. The van der Waals surface area contributed by atoms with Gasteiger partial charge in [-0.25, -0.2) is 18.2 Å². The van der Waals surface area contributed by atoms with E-state index < -0.39 is 16.0 Å². The summed E-state index contributed by atoms with van der Waals surface area (Å²) in [4.78, 5) is 16.9. The summed E-state index contributed by atoms with van der Waals surface area (Å²) in [5, 5.41) is 2.72. The third-order valence-corrected chi connectivity index (χ3v) is 7.36. The fourth-order valence-electron chi connectivity index (χ4n) is 2.78. The van der Waals surface area contributed by atoms with Crippen molar-refractivity contribution in [1.82, 2.24) is 9.29 Å². The van der Waals surface area contributed by atoms with Gasteiger partial charge >= 0.3 is 5.97 Å². The second-order valence-corrected chi connectivity index (χ2v) is 9.00. The van der Waals surface area contributed by atoms with Gasteiger partial charge in [0.1, 0.15) is 11.6 Å². The van der Waals surface area contributed by atoms with Crippen LogP contribution in [0.4, 0.5) is 0 Å². The van der Waals surface area contributed by atoms with Crippen molar-refractivity contribution in [2.75, 3.05) is 13.1 Å². The molecular weight excluding hydrogens is 408 g/mol. The third kappa shape index (κ3) is 4.90. The zero-order chi connectivity index (χ0) is 20.9. The molecule has 0 saturated carbocycles. The number of ether oxygens (including phenoxy) is 1. The molecule has 0 saturated heterocycles. The van der Waals surface area contributed by atoms with Crippen molar-refractivity contribution in [3.63, 3.8) is 0 Å². The number of sulfonamides is 1. The van der Waals surface area contributed by atoms with Crippen molar-refractivity contribution in [2.24, 2.45) is 0 Å². The SMILES string of the molecule is CCN(CC)S(=O)(=O)c1ccc(C(=O)OCc2csc(-c3ccccc3)n2)cc1. The number of carbonyl (C=O) groups is 1. The summed E-state index contributed by atoms with van der Waals surface area (Å²) in [5.41, 5.74) is 1.98. The molecule has 6 nitrogen and oxygen atoms in total. The standard InChI is InChI=1S/C21H22N2O4S2/c1-3-23(4-2)29(25,26)19-12-10-17(11-13-19)21(24)27-14-18-15-28-20(22-18)16-8-6-5-7-9-16/h5-13,15H,3-4,14H2,1-2H3. The maximum atomic E-state index is 12.5. The van der Waals surface area contributed by atoms with Crippen LogP contribution in [0.15, 0.2) is 64.9 Å². The molecule has 0 radical (unpaired) electrons. The van der Waals surface area contributed by atoms with Gasteiger partial charge in [-0.05, 0) is 24.3 Å². The number of thiazole rings is 1. The summed E-state index contributed by atoms with van der Waals surface area (Å²) in [6, 6.07) is 15.6. The maximum absolute atomic E-state index is 12.5. The van der Waals surface area contributed by atoms with Gasteiger partial charge in [-0.15, -0.1) is 11.3 Å². The van der Waals surface area contributed by atoms with E-state index in [9.17, 15) is 13.2 Å². The van der Waals surface area contributed by atoms with Crippen molar-refractivity contribution in [2.45, 2.75) is 25.3 Å². The van der Waals surface area contributed by atoms with Crippen molar-refractivity contribution in [3.8, 4) is 10.6 Å². The number of benzene rings is 2. The number of rotatable bonds is 8. The molecule has 1 aromatic heterocycles. The van der Waals surface area contributed by atoms with Crippen LogP contribution in [0.5, 0.6) is 0 Å². The number of aromatic nitrogens is 1. The van der Waals surface area contributed by atoms with Crippen LogP contribution in [0.2, 0.25) is 0 Å². The monoisotopic (exact) mass is 430 g/mol. The number of nitrogens with zero attached hydrogens (tertiary/aromatic N) is 2. The van der Waals surface area contributed by atoms with E-state index >= 15 is 0 Å². The van der Waals surface area contributed by atoms with E-state index in [-0.39, 0.29) is 11.5 Å². The van der Waals surface area contributed by atoms with E-state index in [4.69, 9.17) is 4.74 Å². The van der Waals surface area contributed by atoms with E-state index in [1.54, 1.807) is 13.8 Å². The highest BCUT2D eigenvalue weighted by atomic mass is 32.2. The summed E-state index contributed by atoms with van der Waals surface area (Å²) < 4.78 is 31.7. The van der Waals surface area contributed by atoms with Crippen LogP contribution in [-0.4, -0.2) is 36.8 Å². The van der Waals surface area contributed by atoms with E-state index in [0.29, 0.717) is 24.3 Å². The molecule has 8 heteroatoms. The Labute approximate surface area is 174 Å². The minimum atomic E-state index is -3.55. The quantitative estimate of drug-likeness (QED) is 0.501. The summed E-state index contributed by atoms with van der Waals surface area (Å²) in [5.74, 6) is -0.522. The molecule has 0 amide bonds. The minimum Gasteiger partial charge on any atom is -0.456 e. The average molecular weight is 431 g/mol. The Hall–Kier alpha value is -2.55. The lowest BCUT2D eigenvalue weighted by molar-refractivity contribution is 0.0468. The first-order valence-electron chi connectivity index (χ1n) is 9.22. The lowest BCUT2D eigenvalue weighted by atomic mass is 10.2. The fraction of sp³-hybridized carbons (Fsp3) is 0.238. The Balaban J connectivity index is 1.64. The van der Waals surface area contributed by atoms with Crippen LogP contribution in [0.1, 0.15) is 29.9 Å². The van der Waals surface area contributed by atoms with E-state index in [0.717, 1.165) is 10.6 Å². The lowest BCUT2D eigenvalue weighted by Crippen LogP contribution is -2.30. The molecule has 0 N–H and O–H groups in total. The Bertz CT molecular complexity index is 1060. The van der Waals surface area contributed by atoms with Crippen LogP contribution >= 0.6 is 11.3 Å². The van der Waals surface area contributed by atoms with Crippen LogP contribution in [0.25, 0.3) is 10.6 Å². The molecule has 3 aromatic rings. The maximum Gasteiger partial charge on any atom is 0.338 e. The molecule has 0 aliphatic heterocycles. The number of hydrogen-bond donors (Lipinski definition) is 0. The van der Waals surface area contributed by atoms with Crippen molar-refractivity contribution in [3.05, 3.63) is 71.2 Å². The molecule has 3 rings (SSSR count). The second-order valence-electron chi connectivity index (χ2n) is 6.20. The summed E-state index contributed by atoms with van der Waals surface area (Å²) >= 11 is 1.49. The van der Waals surface area contributed by atoms with E-state index in [1.165, 1.54) is 39.9 Å². The molecule has 0 atom stereocenters. The normalized spacial score (nSPS) is 11.6. The minimum absolute atomic E-state index is 0.0572. The fourth-order valence-corrected chi connectivity index (χ4v) is 5.05. The largest absolute Gasteiger partial charge is 0.456 e. The van der Waals surface area contributed by atoms with Gasteiger partial charge in [0, 0.05) is 24.0 Å². The predicted octanol–water partition coefficient (Wildman–Crippen LogP) is 4.20. The Kier molecular flexibility index (Phi) is 6.79. The van der Waals surface area contributed by atoms with Gasteiger partial charge in [0.05, 0.1) is 16.2 Å². The summed E-state index contributed by atoms with van der Waals surface area (Å²) in [6.45, 7) is 4.41. The highest BCUT2D eigenvalue weighted by Gasteiger charge is 2.22. The topological polar surface area (TPSA) is 76.6 Å². The van der Waals surface area contributed by atoms with Crippen LogP contribution in [0.3, 0.4) is 0 Å². The van der Waals surface area contributed by atoms with E-state index in [1.807, 2.05) is 35.7 Å². The Morgan fingerprint density at radius 1 is 1.03 bits per heavy atom. The molecule has 0 unspecified atom stereocenters. The zero-order valence-electron chi connectivity index (χ0n) is 16.2. The zero-order valence-corrected chi connectivity index (χ0v) is 17.9. The lowest BCUT2D eigenvalue weighted by Gasteiger charge is -2.18. The molecular formula is C21H22N2O4S2. The van der Waals surface area contributed by atoms with Gasteiger partial charge in [0.25, 0.3) is 0 Å². The smallest absolute Gasteiger partial charge is 0.338 e. The van der Waals surface area contributed by atoms with Gasteiger partial charge in [-0.2, -0.15) is 4.31 Å². The van der Waals surface area contributed by atoms with Crippen LogP contribution in [0, 0.1) is 0 Å². The van der Waals surface area contributed by atoms with Crippen molar-refractivity contribution >= 4 is 27.3 Å². The number of carbonyl (C=O) groups excluding carboxylic acids is 1. The third-order valence-electron chi connectivity index (χ3n) is 4.36. The van der Waals surface area contributed by atoms with Gasteiger partial charge in [-0.1, -0.05) is 44.2 Å². The summed E-state index contributed by atoms with van der Waals surface area (Å²) in [6.07, 6.45) is 0. The summed E-state index contributed by atoms with van der Waals surface area (Å²) in [7, 11) is -3.55. The van der Waals surface area contributed by atoms with Gasteiger partial charge in [0.2, 0.25) is 10.0 Å². The highest BCUT2D eigenvalue weighted by Crippen LogP contribution is 2.24. The van der Waals surface area contributed by atoms with Gasteiger partial charge in [0.15, 0.2) is 0 Å². The number of esters is 1. The van der Waals surface area contributed by atoms with Gasteiger partial charge in [-0.3, -0.25) is 0 Å². The Morgan fingerprint density at radius 2 is 1.69 bits per heavy atom. The van der Waals surface area contributed by atoms with Crippen molar-refractivity contribution in [1.29, 1.82) is 0 Å². The number of hydrogen-bond acceptors (Lipinski definition) is 6. The molecule has 0 spiro atoms. The first-order chi connectivity index (χ1) is 14.0. The molecule has 2 aromatic carbocycles. The van der Waals surface area contributed by atoms with E-state index in [2.05, 4.69) is 4.98 Å². The van der Waals surface area contributed by atoms with Crippen LogP contribution in [-0.2, 0) is 21.4 Å². The molecule has 0 aliphatic carbocycles. The predicted molar refractivity (Wildman–Crippen MR) is 113 cm³/mol. The Morgan fingerprint density at radius 3 is 2.31 bits per heavy atom. The van der Waals surface area contributed by atoms with Gasteiger partial charge < -0.3 is 4.74 Å². The molecule has 0 bridgehead atoms. The first-order valence-corrected chi connectivity index (χ1v) is 11.5.